The number of hydrogen-bond donors (Lipinski definition) is 1. The van der Waals surface area contributed by atoms with Gasteiger partial charge in [-0.15, -0.1) is 0 Å². The van der Waals surface area contributed by atoms with Crippen molar-refractivity contribution in [1.29, 1.82) is 0 Å². The summed E-state index contributed by atoms with van der Waals surface area (Å²) in [5.41, 5.74) is 1.64. The van der Waals surface area contributed by atoms with Crippen LogP contribution >= 0.6 is 23.2 Å². The first-order valence-corrected chi connectivity index (χ1v) is 10.5. The number of aromatic nitrogens is 2. The number of carbonyl (C=O) groups excluding carboxylic acids is 1. The molecule has 0 saturated carbocycles. The summed E-state index contributed by atoms with van der Waals surface area (Å²) in [5, 5.41) is 2.35. The van der Waals surface area contributed by atoms with E-state index in [1.54, 1.807) is 42.5 Å². The van der Waals surface area contributed by atoms with E-state index in [1.807, 2.05) is 13.0 Å². The van der Waals surface area contributed by atoms with Crippen LogP contribution in [0.25, 0.3) is 0 Å². The van der Waals surface area contributed by atoms with E-state index in [9.17, 15) is 13.2 Å². The molecule has 0 aliphatic rings. The number of nitrogens with one attached hydrogen (secondary N) is 1. The zero-order chi connectivity index (χ0) is 20.3. The molecule has 1 amide bonds. The van der Waals surface area contributed by atoms with Crippen LogP contribution in [-0.2, 0) is 15.6 Å². The first-order chi connectivity index (χ1) is 13.3. The molecule has 1 aromatic heterocycles. The second-order valence-corrected chi connectivity index (χ2v) is 8.73. The first kappa shape index (κ1) is 20.3. The minimum atomic E-state index is -3.87. The Labute approximate surface area is 172 Å². The third-order valence-corrected chi connectivity index (χ3v) is 5.85. The van der Waals surface area contributed by atoms with E-state index < -0.39 is 20.9 Å². The van der Waals surface area contributed by atoms with Gasteiger partial charge in [0.25, 0.3) is 5.91 Å². The highest BCUT2D eigenvalue weighted by atomic mass is 35.5. The van der Waals surface area contributed by atoms with Crippen LogP contribution in [0, 0.1) is 6.92 Å². The molecule has 0 aliphatic carbocycles. The number of aryl methyl sites for hydroxylation is 1. The quantitative estimate of drug-likeness (QED) is 0.602. The van der Waals surface area contributed by atoms with Gasteiger partial charge in [0.05, 0.1) is 27.7 Å². The molecule has 0 radical (unpaired) electrons. The Hall–Kier alpha value is -2.48. The monoisotopic (exact) mass is 435 g/mol. The van der Waals surface area contributed by atoms with Crippen LogP contribution in [-0.4, -0.2) is 24.3 Å². The fraction of sp³-hybridized carbons (Fsp3) is 0.105. The number of benzene rings is 2. The van der Waals surface area contributed by atoms with Crippen LogP contribution in [0.3, 0.4) is 0 Å². The van der Waals surface area contributed by atoms with E-state index in [0.29, 0.717) is 16.3 Å². The Kier molecular flexibility index (Phi) is 5.98. The maximum absolute atomic E-state index is 12.7. The third-order valence-electron chi connectivity index (χ3n) is 3.78. The summed E-state index contributed by atoms with van der Waals surface area (Å²) in [6, 6.07) is 13.7. The molecule has 28 heavy (non-hydrogen) atoms. The standard InChI is InChI=1S/C19H15Cl2N3O3S/c1-12-5-4-6-13(9-12)11-28(26,27)19-22-10-15(21)17(24-19)18(25)23-16-8-3-2-7-14(16)20/h2-10H,11H2,1H3,(H,23,25). The molecule has 3 rings (SSSR count). The summed E-state index contributed by atoms with van der Waals surface area (Å²) in [5.74, 6) is -0.977. The molecule has 0 saturated heterocycles. The lowest BCUT2D eigenvalue weighted by atomic mass is 10.2. The molecule has 0 unspecified atom stereocenters. The predicted molar refractivity (Wildman–Crippen MR) is 109 cm³/mol. The molecule has 1 N–H and O–H groups in total. The van der Waals surface area contributed by atoms with Crippen LogP contribution in [0.15, 0.2) is 59.9 Å². The van der Waals surface area contributed by atoms with Crippen molar-refractivity contribution >= 4 is 44.6 Å². The molecule has 0 fully saturated rings. The van der Waals surface area contributed by atoms with Gasteiger partial charge in [-0.25, -0.2) is 18.4 Å². The number of anilines is 1. The van der Waals surface area contributed by atoms with E-state index in [2.05, 4.69) is 15.3 Å². The van der Waals surface area contributed by atoms with Crippen molar-refractivity contribution < 1.29 is 13.2 Å². The third kappa shape index (κ3) is 4.67. The molecule has 9 heteroatoms. The van der Waals surface area contributed by atoms with Crippen molar-refractivity contribution in [2.45, 2.75) is 17.8 Å². The van der Waals surface area contributed by atoms with Crippen molar-refractivity contribution in [3.05, 3.63) is 81.6 Å². The molecule has 0 atom stereocenters. The molecule has 0 spiro atoms. The Bertz CT molecular complexity index is 1150. The van der Waals surface area contributed by atoms with Crippen LogP contribution in [0.1, 0.15) is 21.6 Å². The number of rotatable bonds is 5. The van der Waals surface area contributed by atoms with Gasteiger partial charge in [0.2, 0.25) is 15.0 Å². The fourth-order valence-electron chi connectivity index (χ4n) is 2.49. The van der Waals surface area contributed by atoms with Gasteiger partial charge in [0, 0.05) is 0 Å². The van der Waals surface area contributed by atoms with Crippen molar-refractivity contribution in [3.63, 3.8) is 0 Å². The number of nitrogens with zero attached hydrogens (tertiary/aromatic N) is 2. The highest BCUT2D eigenvalue weighted by Gasteiger charge is 2.23. The molecule has 0 bridgehead atoms. The number of amides is 1. The van der Waals surface area contributed by atoms with Crippen molar-refractivity contribution in [2.24, 2.45) is 0 Å². The summed E-state index contributed by atoms with van der Waals surface area (Å²) < 4.78 is 25.4. The van der Waals surface area contributed by atoms with Gasteiger partial charge < -0.3 is 5.32 Å². The van der Waals surface area contributed by atoms with Gasteiger partial charge in [-0.2, -0.15) is 0 Å². The van der Waals surface area contributed by atoms with Crippen LogP contribution in [0.5, 0.6) is 0 Å². The molecule has 1 heterocycles. The molecule has 6 nitrogen and oxygen atoms in total. The van der Waals surface area contributed by atoms with E-state index in [-0.39, 0.29) is 16.5 Å². The zero-order valence-corrected chi connectivity index (χ0v) is 17.0. The highest BCUT2D eigenvalue weighted by molar-refractivity contribution is 7.90. The van der Waals surface area contributed by atoms with E-state index >= 15 is 0 Å². The summed E-state index contributed by atoms with van der Waals surface area (Å²) in [6.07, 6.45) is 1.10. The van der Waals surface area contributed by atoms with Gasteiger partial charge in [0.1, 0.15) is 0 Å². The summed E-state index contributed by atoms with van der Waals surface area (Å²) in [6.45, 7) is 1.87. The lowest BCUT2D eigenvalue weighted by molar-refractivity contribution is 0.102. The van der Waals surface area contributed by atoms with Gasteiger partial charge in [-0.3, -0.25) is 4.79 Å². The zero-order valence-electron chi connectivity index (χ0n) is 14.7. The van der Waals surface area contributed by atoms with Gasteiger partial charge in [0.15, 0.2) is 5.69 Å². The fourth-order valence-corrected chi connectivity index (χ4v) is 4.04. The lowest BCUT2D eigenvalue weighted by Gasteiger charge is -2.09. The van der Waals surface area contributed by atoms with Crippen LogP contribution in [0.4, 0.5) is 5.69 Å². The van der Waals surface area contributed by atoms with Crippen molar-refractivity contribution in [2.75, 3.05) is 5.32 Å². The number of halogens is 2. The summed E-state index contributed by atoms with van der Waals surface area (Å²) in [4.78, 5) is 20.2. The molecular weight excluding hydrogens is 421 g/mol. The Balaban J connectivity index is 1.90. The molecular formula is C19H15Cl2N3O3S. The van der Waals surface area contributed by atoms with Gasteiger partial charge in [-0.1, -0.05) is 65.2 Å². The average molecular weight is 436 g/mol. The maximum atomic E-state index is 12.7. The number of carbonyl (C=O) groups is 1. The van der Waals surface area contributed by atoms with Crippen molar-refractivity contribution in [3.8, 4) is 0 Å². The second-order valence-electron chi connectivity index (χ2n) is 6.03. The molecule has 144 valence electrons. The normalized spacial score (nSPS) is 11.2. The minimum Gasteiger partial charge on any atom is -0.319 e. The van der Waals surface area contributed by atoms with Crippen LogP contribution in [0.2, 0.25) is 10.0 Å². The molecule has 3 aromatic rings. The number of hydrogen-bond acceptors (Lipinski definition) is 5. The maximum Gasteiger partial charge on any atom is 0.276 e. The van der Waals surface area contributed by atoms with E-state index in [0.717, 1.165) is 11.8 Å². The predicted octanol–water partition coefficient (Wildman–Crippen LogP) is 4.32. The van der Waals surface area contributed by atoms with Crippen molar-refractivity contribution in [1.82, 2.24) is 9.97 Å². The van der Waals surface area contributed by atoms with Gasteiger partial charge in [-0.05, 0) is 24.6 Å². The smallest absolute Gasteiger partial charge is 0.276 e. The van der Waals surface area contributed by atoms with Gasteiger partial charge >= 0.3 is 0 Å². The molecule has 0 aliphatic heterocycles. The highest BCUT2D eigenvalue weighted by Crippen LogP contribution is 2.23. The molecule has 2 aromatic carbocycles. The SMILES string of the molecule is Cc1cccc(CS(=O)(=O)c2ncc(Cl)c(C(=O)Nc3ccccc3Cl)n2)c1. The second kappa shape index (κ2) is 8.26. The summed E-state index contributed by atoms with van der Waals surface area (Å²) >= 11 is 12.0. The van der Waals surface area contributed by atoms with E-state index in [1.165, 1.54) is 0 Å². The number of sulfone groups is 1. The van der Waals surface area contributed by atoms with E-state index in [4.69, 9.17) is 23.2 Å². The lowest BCUT2D eigenvalue weighted by Crippen LogP contribution is -2.18. The largest absolute Gasteiger partial charge is 0.319 e. The van der Waals surface area contributed by atoms with Crippen LogP contribution < -0.4 is 5.32 Å². The topological polar surface area (TPSA) is 89.0 Å². The minimum absolute atomic E-state index is 0.0703. The first-order valence-electron chi connectivity index (χ1n) is 8.13. The Morgan fingerprint density at radius 3 is 2.54 bits per heavy atom. The number of para-hydroxylation sites is 1. The Morgan fingerprint density at radius 1 is 1.07 bits per heavy atom. The average Bonchev–Trinajstić information content (AvgIpc) is 2.63. The Morgan fingerprint density at radius 2 is 1.82 bits per heavy atom. The summed E-state index contributed by atoms with van der Waals surface area (Å²) in [7, 11) is -3.87.